The van der Waals surface area contributed by atoms with Crippen LogP contribution in [0, 0.1) is 5.41 Å². The molecule has 3 nitrogen and oxygen atoms in total. The summed E-state index contributed by atoms with van der Waals surface area (Å²) >= 11 is 0. The first-order chi connectivity index (χ1) is 9.68. The molecule has 0 fully saturated rings. The molecule has 0 aliphatic carbocycles. The minimum absolute atomic E-state index is 0. The molecule has 0 bridgehead atoms. The minimum atomic E-state index is -2.05. The first kappa shape index (κ1) is 42.1. The van der Waals surface area contributed by atoms with Crippen LogP contribution in [0.15, 0.2) is 0 Å². The average molecular weight is 477 g/mol. The molecule has 0 heterocycles. The van der Waals surface area contributed by atoms with E-state index in [1.54, 1.807) is 0 Å². The molecule has 0 rings (SSSR count). The molecule has 0 aromatic heterocycles. The lowest BCUT2D eigenvalue weighted by Crippen LogP contribution is -2.57. The first-order valence-electron chi connectivity index (χ1n) is 8.79. The van der Waals surface area contributed by atoms with Gasteiger partial charge >= 0.3 is 17.1 Å². The van der Waals surface area contributed by atoms with Gasteiger partial charge in [0.2, 0.25) is 0 Å². The predicted octanol–water partition coefficient (Wildman–Crippen LogP) is 7.79. The minimum Gasteiger partial charge on any atom is -0.440 e. The molecule has 8 heteroatoms. The van der Waals surface area contributed by atoms with Gasteiger partial charge in [-0.3, -0.25) is 0 Å². The van der Waals surface area contributed by atoms with E-state index in [0.717, 1.165) is 0 Å². The molecule has 0 aliphatic rings. The summed E-state index contributed by atoms with van der Waals surface area (Å²) in [5.74, 6) is 0. The van der Waals surface area contributed by atoms with Crippen LogP contribution in [0.5, 0.6) is 0 Å². The van der Waals surface area contributed by atoms with Crippen LogP contribution in [0.25, 0.3) is 0 Å². The van der Waals surface area contributed by atoms with E-state index in [-0.39, 0.29) is 38.7 Å². The van der Waals surface area contributed by atoms with Gasteiger partial charge in [0, 0.05) is 9.04 Å². The van der Waals surface area contributed by atoms with E-state index >= 15 is 0 Å². The standard InChI is InChI=1S/C10H32O3Si5.C5H12.4CH4/c1-14-18(9,10)13-17(7,8)12-16(5,6)11-15(2,3)4;1-5(2,3)4;;;;/h14H2,1-10H3;1-4H3;4*1H4. The van der Waals surface area contributed by atoms with E-state index in [1.807, 2.05) is 0 Å². The van der Waals surface area contributed by atoms with Gasteiger partial charge in [0.05, 0.1) is 0 Å². The molecule has 0 aromatic rings. The second-order valence-corrected chi connectivity index (χ2v) is 34.1. The third-order valence-electron chi connectivity index (χ3n) is 2.42. The fraction of sp³-hybridized carbons (Fsp3) is 1.00. The summed E-state index contributed by atoms with van der Waals surface area (Å²) in [5, 5.41) is 0. The predicted molar refractivity (Wildman–Crippen MR) is 146 cm³/mol. The Morgan fingerprint density at radius 2 is 0.815 bits per heavy atom. The largest absolute Gasteiger partial charge is 0.440 e. The van der Waals surface area contributed by atoms with E-state index < -0.39 is 33.3 Å². The van der Waals surface area contributed by atoms with Crippen LogP contribution in [0.3, 0.4) is 0 Å². The lowest BCUT2D eigenvalue weighted by molar-refractivity contribution is 0.333. The lowest BCUT2D eigenvalue weighted by atomic mass is 10.0. The van der Waals surface area contributed by atoms with Gasteiger partial charge in [-0.05, 0) is 64.3 Å². The Kier molecular flexibility index (Phi) is 23.2. The smallest absolute Gasteiger partial charge is 0.312 e. The zero-order valence-electron chi connectivity index (χ0n) is 18.4. The topological polar surface area (TPSA) is 27.7 Å². The van der Waals surface area contributed by atoms with Gasteiger partial charge in [-0.1, -0.05) is 63.9 Å². The molecule has 0 unspecified atom stereocenters. The van der Waals surface area contributed by atoms with E-state index in [4.69, 9.17) is 12.3 Å². The SMILES string of the molecule is C.C.C.C.CC(C)(C)C.C[SiH2][Si](C)(C)O[Si](C)(C)O[Si](C)(C)O[Si](C)(C)C. The zero-order valence-corrected chi connectivity index (χ0v) is 23.8. The molecule has 0 saturated heterocycles. The van der Waals surface area contributed by atoms with Crippen molar-refractivity contribution in [2.45, 2.75) is 123 Å². The molecule has 174 valence electrons. The Hall–Kier alpha value is 0.964. The first-order valence-corrected chi connectivity index (χ1v) is 24.5. The van der Waals surface area contributed by atoms with Crippen LogP contribution >= 0.6 is 0 Å². The second kappa shape index (κ2) is 14.9. The molecule has 27 heavy (non-hydrogen) atoms. The Balaban J connectivity index is -0.000000109. The van der Waals surface area contributed by atoms with E-state index in [9.17, 15) is 0 Å². The highest BCUT2D eigenvalue weighted by atomic mass is 29.2. The highest BCUT2D eigenvalue weighted by molar-refractivity contribution is 7.21. The Morgan fingerprint density at radius 1 is 0.556 bits per heavy atom. The summed E-state index contributed by atoms with van der Waals surface area (Å²) in [6.07, 6.45) is 0. The number of hydrogen-bond acceptors (Lipinski definition) is 3. The van der Waals surface area contributed by atoms with Crippen molar-refractivity contribution in [3.8, 4) is 0 Å². The molecule has 0 amide bonds. The quantitative estimate of drug-likeness (QED) is 0.351. The van der Waals surface area contributed by atoms with Crippen molar-refractivity contribution in [2.24, 2.45) is 5.41 Å². The van der Waals surface area contributed by atoms with Crippen LogP contribution in [0.2, 0.25) is 65.5 Å². The van der Waals surface area contributed by atoms with Crippen LogP contribution < -0.4 is 0 Å². The lowest BCUT2D eigenvalue weighted by Gasteiger charge is -2.40. The number of hydrogen-bond donors (Lipinski definition) is 0. The van der Waals surface area contributed by atoms with Crippen molar-refractivity contribution in [3.05, 3.63) is 0 Å². The highest BCUT2D eigenvalue weighted by Crippen LogP contribution is 2.23. The highest BCUT2D eigenvalue weighted by Gasteiger charge is 2.41. The Morgan fingerprint density at radius 3 is 1.04 bits per heavy atom. The maximum atomic E-state index is 6.41. The molecule has 0 radical (unpaired) electrons. The van der Waals surface area contributed by atoms with Crippen molar-refractivity contribution in [3.63, 3.8) is 0 Å². The van der Waals surface area contributed by atoms with Crippen molar-refractivity contribution >= 4 is 42.3 Å². The third-order valence-corrected chi connectivity index (χ3v) is 23.1. The van der Waals surface area contributed by atoms with E-state index in [2.05, 4.69) is 93.2 Å². The Labute approximate surface area is 182 Å². The summed E-state index contributed by atoms with van der Waals surface area (Å²) in [5.41, 5.74) is 0.500. The van der Waals surface area contributed by atoms with Gasteiger partial charge in [0.15, 0.2) is 16.2 Å². The third kappa shape index (κ3) is 34.8. The molecule has 0 N–H and O–H groups in total. The van der Waals surface area contributed by atoms with Crippen LogP contribution in [-0.2, 0) is 12.3 Å². The molecule has 0 saturated carbocycles. The van der Waals surface area contributed by atoms with Crippen LogP contribution in [0.4, 0.5) is 0 Å². The zero-order chi connectivity index (χ0) is 19.3. The average Bonchev–Trinajstić information content (AvgIpc) is 2.05. The van der Waals surface area contributed by atoms with Gasteiger partial charge in [-0.15, -0.1) is 0 Å². The van der Waals surface area contributed by atoms with Gasteiger partial charge in [0.1, 0.15) is 0 Å². The summed E-state index contributed by atoms with van der Waals surface area (Å²) in [4.78, 5) is 0. The molecular weight excluding hydrogens is 417 g/mol. The summed E-state index contributed by atoms with van der Waals surface area (Å²) < 4.78 is 19.0. The second-order valence-electron chi connectivity index (χ2n) is 10.3. The Bertz CT molecular complexity index is 340. The van der Waals surface area contributed by atoms with Crippen molar-refractivity contribution in [2.75, 3.05) is 0 Å². The molecule has 0 atom stereocenters. The fourth-order valence-electron chi connectivity index (χ4n) is 2.11. The molecule has 0 aromatic carbocycles. The number of rotatable bonds is 7. The fourth-order valence-corrected chi connectivity index (χ4v) is 24.2. The van der Waals surface area contributed by atoms with Gasteiger partial charge in [-0.25, -0.2) is 0 Å². The molecule has 0 spiro atoms. The van der Waals surface area contributed by atoms with E-state index in [0.29, 0.717) is 5.41 Å². The van der Waals surface area contributed by atoms with Crippen molar-refractivity contribution in [1.29, 1.82) is 0 Å². The van der Waals surface area contributed by atoms with Crippen molar-refractivity contribution < 1.29 is 12.3 Å². The summed E-state index contributed by atoms with van der Waals surface area (Å²) in [6, 6.07) is 0. The van der Waals surface area contributed by atoms with Gasteiger partial charge < -0.3 is 12.3 Å². The molecule has 0 aliphatic heterocycles. The van der Waals surface area contributed by atoms with Crippen molar-refractivity contribution in [1.82, 2.24) is 0 Å². The molecular formula is C19H60O3Si5. The summed E-state index contributed by atoms with van der Waals surface area (Å²) in [6.45, 7) is 31.1. The van der Waals surface area contributed by atoms with Crippen LogP contribution in [-0.4, -0.2) is 42.3 Å². The maximum Gasteiger partial charge on any atom is 0.312 e. The normalized spacial score (nSPS) is 12.7. The summed E-state index contributed by atoms with van der Waals surface area (Å²) in [7, 11) is -7.11. The van der Waals surface area contributed by atoms with Gasteiger partial charge in [0.25, 0.3) is 0 Å². The monoisotopic (exact) mass is 476 g/mol. The van der Waals surface area contributed by atoms with Crippen LogP contribution in [0.1, 0.15) is 57.4 Å². The van der Waals surface area contributed by atoms with E-state index in [1.165, 1.54) is 0 Å². The van der Waals surface area contributed by atoms with Gasteiger partial charge in [-0.2, -0.15) is 0 Å². The maximum absolute atomic E-state index is 6.41.